The molecular formula is C9H17NO2S. The number of methoxy groups -OCH3 is 1. The number of thioether (sulfide) groups is 1. The van der Waals surface area contributed by atoms with Gasteiger partial charge in [-0.1, -0.05) is 0 Å². The summed E-state index contributed by atoms with van der Waals surface area (Å²) in [5, 5.41) is 0. The molecule has 0 amide bonds. The summed E-state index contributed by atoms with van der Waals surface area (Å²) in [5.74, 6) is 2.56. The molecule has 1 atom stereocenters. The van der Waals surface area contributed by atoms with Gasteiger partial charge in [-0.05, 0) is 19.2 Å². The molecule has 0 aliphatic carbocycles. The normalized spacial score (nSPS) is 22.5. The van der Waals surface area contributed by atoms with Crippen LogP contribution in [0.2, 0.25) is 0 Å². The van der Waals surface area contributed by atoms with Crippen LogP contribution in [-0.2, 0) is 9.53 Å². The fourth-order valence-electron chi connectivity index (χ4n) is 1.48. The third kappa shape index (κ3) is 3.67. The Balaban J connectivity index is 2.22. The predicted octanol–water partition coefficient (Wildman–Crippen LogP) is 0.639. The Morgan fingerprint density at radius 3 is 3.00 bits per heavy atom. The van der Waals surface area contributed by atoms with Crippen molar-refractivity contribution in [2.45, 2.75) is 12.5 Å². The second kappa shape index (κ2) is 5.62. The standard InChI is InChI=1S/C9H17NO2S/c1-10(5-9(11)6-12-2)8-3-4-13-7-8/h8H,3-7H2,1-2H3. The highest BCUT2D eigenvalue weighted by Crippen LogP contribution is 2.20. The van der Waals surface area contributed by atoms with Crippen molar-refractivity contribution in [3.05, 3.63) is 0 Å². The summed E-state index contributed by atoms with van der Waals surface area (Å²) in [6, 6.07) is 0.589. The lowest BCUT2D eigenvalue weighted by molar-refractivity contribution is -0.123. The van der Waals surface area contributed by atoms with E-state index in [9.17, 15) is 4.79 Å². The molecule has 0 radical (unpaired) electrons. The number of hydrogen-bond acceptors (Lipinski definition) is 4. The van der Waals surface area contributed by atoms with E-state index in [4.69, 9.17) is 4.74 Å². The van der Waals surface area contributed by atoms with Crippen LogP contribution in [0, 0.1) is 0 Å². The molecule has 1 heterocycles. The van der Waals surface area contributed by atoms with E-state index >= 15 is 0 Å². The summed E-state index contributed by atoms with van der Waals surface area (Å²) < 4.78 is 4.79. The number of ether oxygens (including phenoxy) is 1. The highest BCUT2D eigenvalue weighted by atomic mass is 32.2. The highest BCUT2D eigenvalue weighted by molar-refractivity contribution is 7.99. The SMILES string of the molecule is COCC(=O)CN(C)C1CCSC1. The van der Waals surface area contributed by atoms with Crippen molar-refractivity contribution in [3.63, 3.8) is 0 Å². The van der Waals surface area contributed by atoms with Crippen LogP contribution in [0.5, 0.6) is 0 Å². The van der Waals surface area contributed by atoms with Gasteiger partial charge in [0.15, 0.2) is 5.78 Å². The Morgan fingerprint density at radius 1 is 1.69 bits per heavy atom. The molecule has 0 aromatic rings. The molecule has 0 saturated carbocycles. The Bertz CT molecular complexity index is 169. The van der Waals surface area contributed by atoms with Crippen molar-refractivity contribution < 1.29 is 9.53 Å². The molecule has 0 bridgehead atoms. The van der Waals surface area contributed by atoms with Gasteiger partial charge in [-0.15, -0.1) is 0 Å². The van der Waals surface area contributed by atoms with E-state index in [1.54, 1.807) is 7.11 Å². The molecule has 1 rings (SSSR count). The zero-order chi connectivity index (χ0) is 9.68. The third-order valence-electron chi connectivity index (χ3n) is 2.26. The molecule has 0 N–H and O–H groups in total. The van der Waals surface area contributed by atoms with Crippen LogP contribution in [0.3, 0.4) is 0 Å². The number of Topliss-reactive ketones (excluding diaryl/α,β-unsaturated/α-hetero) is 1. The highest BCUT2D eigenvalue weighted by Gasteiger charge is 2.21. The van der Waals surface area contributed by atoms with Gasteiger partial charge in [-0.25, -0.2) is 0 Å². The van der Waals surface area contributed by atoms with Crippen LogP contribution in [0.15, 0.2) is 0 Å². The zero-order valence-corrected chi connectivity index (χ0v) is 9.10. The smallest absolute Gasteiger partial charge is 0.172 e. The van der Waals surface area contributed by atoms with Crippen LogP contribution in [0.4, 0.5) is 0 Å². The first-order chi connectivity index (χ1) is 6.24. The van der Waals surface area contributed by atoms with Gasteiger partial charge in [0, 0.05) is 18.9 Å². The van der Waals surface area contributed by atoms with E-state index in [1.165, 1.54) is 12.2 Å². The molecule has 3 nitrogen and oxygen atoms in total. The molecule has 1 fully saturated rings. The first-order valence-electron chi connectivity index (χ1n) is 4.52. The molecule has 0 aromatic carbocycles. The minimum Gasteiger partial charge on any atom is -0.377 e. The van der Waals surface area contributed by atoms with Crippen LogP contribution in [0.25, 0.3) is 0 Å². The summed E-state index contributed by atoms with van der Waals surface area (Å²) in [6.45, 7) is 0.767. The van der Waals surface area contributed by atoms with Gasteiger partial charge < -0.3 is 4.74 Å². The fourth-order valence-corrected chi connectivity index (χ4v) is 2.78. The van der Waals surface area contributed by atoms with Crippen molar-refractivity contribution >= 4 is 17.5 Å². The van der Waals surface area contributed by atoms with Crippen LogP contribution in [0.1, 0.15) is 6.42 Å². The Morgan fingerprint density at radius 2 is 2.46 bits per heavy atom. The Hall–Kier alpha value is -0.0600. The summed E-state index contributed by atoms with van der Waals surface area (Å²) >= 11 is 1.97. The maximum atomic E-state index is 11.2. The summed E-state index contributed by atoms with van der Waals surface area (Å²) in [4.78, 5) is 13.4. The molecule has 0 aromatic heterocycles. The summed E-state index contributed by atoms with van der Waals surface area (Å²) in [7, 11) is 3.58. The van der Waals surface area contributed by atoms with Gasteiger partial charge in [0.05, 0.1) is 6.54 Å². The monoisotopic (exact) mass is 203 g/mol. The minimum absolute atomic E-state index is 0.168. The van der Waals surface area contributed by atoms with E-state index in [2.05, 4.69) is 4.90 Å². The average molecular weight is 203 g/mol. The Kier molecular flexibility index (Phi) is 4.77. The summed E-state index contributed by atoms with van der Waals surface area (Å²) in [6.07, 6.45) is 1.21. The molecule has 1 unspecified atom stereocenters. The molecule has 76 valence electrons. The first-order valence-corrected chi connectivity index (χ1v) is 5.68. The van der Waals surface area contributed by atoms with Crippen LogP contribution >= 0.6 is 11.8 Å². The fraction of sp³-hybridized carbons (Fsp3) is 0.889. The predicted molar refractivity (Wildman–Crippen MR) is 55.2 cm³/mol. The number of hydrogen-bond donors (Lipinski definition) is 0. The van der Waals surface area contributed by atoms with Gasteiger partial charge in [-0.2, -0.15) is 11.8 Å². The second-order valence-corrected chi connectivity index (χ2v) is 4.55. The number of ketones is 1. The van der Waals surface area contributed by atoms with Crippen LogP contribution in [-0.4, -0.2) is 55.5 Å². The number of carbonyl (C=O) groups is 1. The molecule has 1 aliphatic rings. The quantitative estimate of drug-likeness (QED) is 0.656. The van der Waals surface area contributed by atoms with Crippen molar-refractivity contribution in [1.29, 1.82) is 0 Å². The average Bonchev–Trinajstić information content (AvgIpc) is 2.55. The van der Waals surface area contributed by atoms with E-state index in [0.29, 0.717) is 12.6 Å². The van der Waals surface area contributed by atoms with Gasteiger partial charge in [0.1, 0.15) is 6.61 Å². The lowest BCUT2D eigenvalue weighted by Crippen LogP contribution is -2.36. The van der Waals surface area contributed by atoms with Crippen molar-refractivity contribution in [1.82, 2.24) is 4.90 Å². The number of rotatable bonds is 5. The van der Waals surface area contributed by atoms with Gasteiger partial charge in [0.25, 0.3) is 0 Å². The summed E-state index contributed by atoms with van der Waals surface area (Å²) in [5.41, 5.74) is 0. The molecule has 4 heteroatoms. The number of nitrogens with zero attached hydrogens (tertiary/aromatic N) is 1. The van der Waals surface area contributed by atoms with Gasteiger partial charge in [-0.3, -0.25) is 9.69 Å². The largest absolute Gasteiger partial charge is 0.377 e. The van der Waals surface area contributed by atoms with E-state index in [0.717, 1.165) is 5.75 Å². The number of likely N-dealkylation sites (N-methyl/N-ethyl adjacent to an activating group) is 1. The zero-order valence-electron chi connectivity index (χ0n) is 8.28. The third-order valence-corrected chi connectivity index (χ3v) is 3.40. The lowest BCUT2D eigenvalue weighted by Gasteiger charge is -2.22. The molecule has 1 aliphatic heterocycles. The maximum absolute atomic E-state index is 11.2. The first kappa shape index (κ1) is 11.0. The molecule has 1 saturated heterocycles. The molecule has 13 heavy (non-hydrogen) atoms. The maximum Gasteiger partial charge on any atom is 0.172 e. The molecular weight excluding hydrogens is 186 g/mol. The molecule has 0 spiro atoms. The van der Waals surface area contributed by atoms with Gasteiger partial charge >= 0.3 is 0 Å². The lowest BCUT2D eigenvalue weighted by atomic mass is 10.2. The van der Waals surface area contributed by atoms with E-state index in [-0.39, 0.29) is 12.4 Å². The van der Waals surface area contributed by atoms with Gasteiger partial charge in [0.2, 0.25) is 0 Å². The van der Waals surface area contributed by atoms with Crippen LogP contribution < -0.4 is 0 Å². The van der Waals surface area contributed by atoms with E-state index < -0.39 is 0 Å². The number of carbonyl (C=O) groups excluding carboxylic acids is 1. The topological polar surface area (TPSA) is 29.5 Å². The minimum atomic E-state index is 0.168. The van der Waals surface area contributed by atoms with Crippen molar-refractivity contribution in [3.8, 4) is 0 Å². The van der Waals surface area contributed by atoms with E-state index in [1.807, 2.05) is 18.8 Å². The van der Waals surface area contributed by atoms with Crippen molar-refractivity contribution in [2.24, 2.45) is 0 Å². The Labute approximate surface area is 83.8 Å². The van der Waals surface area contributed by atoms with Crippen molar-refractivity contribution in [2.75, 3.05) is 38.8 Å². The second-order valence-electron chi connectivity index (χ2n) is 3.40.